The van der Waals surface area contributed by atoms with Crippen LogP contribution < -0.4 is 4.74 Å². The van der Waals surface area contributed by atoms with E-state index < -0.39 is 23.3 Å². The van der Waals surface area contributed by atoms with Crippen molar-refractivity contribution >= 4 is 5.97 Å². The Morgan fingerprint density at radius 2 is 1.86 bits per heavy atom. The van der Waals surface area contributed by atoms with E-state index in [1.807, 2.05) is 0 Å². The molecule has 0 saturated carbocycles. The Kier molecular flexibility index (Phi) is 3.84. The van der Waals surface area contributed by atoms with Crippen molar-refractivity contribution in [2.75, 3.05) is 7.11 Å². The summed E-state index contributed by atoms with van der Waals surface area (Å²) in [5, 5.41) is 8.94. The zero-order valence-electron chi connectivity index (χ0n) is 10.8. The van der Waals surface area contributed by atoms with Crippen LogP contribution in [0.25, 0.3) is 11.1 Å². The van der Waals surface area contributed by atoms with Gasteiger partial charge in [0.15, 0.2) is 0 Å². The van der Waals surface area contributed by atoms with Crippen molar-refractivity contribution in [1.82, 2.24) is 4.98 Å². The summed E-state index contributed by atoms with van der Waals surface area (Å²) in [5.74, 6) is -1.07. The summed E-state index contributed by atoms with van der Waals surface area (Å²) in [6.45, 7) is 0. The number of rotatable bonds is 3. The third-order valence-electron chi connectivity index (χ3n) is 2.79. The van der Waals surface area contributed by atoms with Crippen LogP contribution in [-0.4, -0.2) is 23.2 Å². The number of alkyl halides is 3. The van der Waals surface area contributed by atoms with Crippen LogP contribution in [0.3, 0.4) is 0 Å². The number of benzene rings is 1. The highest BCUT2D eigenvalue weighted by atomic mass is 19.4. The molecule has 2 rings (SSSR count). The second-order valence-corrected chi connectivity index (χ2v) is 4.22. The van der Waals surface area contributed by atoms with Crippen LogP contribution in [0.15, 0.2) is 36.7 Å². The van der Waals surface area contributed by atoms with Gasteiger partial charge in [-0.25, -0.2) is 4.79 Å². The average molecular weight is 297 g/mol. The lowest BCUT2D eigenvalue weighted by molar-refractivity contribution is -0.137. The smallest absolute Gasteiger partial charge is 0.416 e. The molecule has 0 saturated heterocycles. The number of aromatic nitrogens is 1. The van der Waals surface area contributed by atoms with Crippen molar-refractivity contribution < 1.29 is 27.8 Å². The van der Waals surface area contributed by atoms with Crippen LogP contribution in [0.5, 0.6) is 5.75 Å². The predicted molar refractivity (Wildman–Crippen MR) is 68.2 cm³/mol. The quantitative estimate of drug-likeness (QED) is 0.942. The molecule has 0 atom stereocenters. The maximum atomic E-state index is 12.8. The second-order valence-electron chi connectivity index (χ2n) is 4.22. The number of methoxy groups -OCH3 is 1. The van der Waals surface area contributed by atoms with E-state index in [-0.39, 0.29) is 5.56 Å². The zero-order chi connectivity index (χ0) is 15.6. The molecule has 4 nitrogen and oxygen atoms in total. The molecular formula is C14H10F3NO3. The van der Waals surface area contributed by atoms with Gasteiger partial charge in [0.1, 0.15) is 5.75 Å². The van der Waals surface area contributed by atoms with Gasteiger partial charge in [0, 0.05) is 11.8 Å². The van der Waals surface area contributed by atoms with Crippen LogP contribution in [0.2, 0.25) is 0 Å². The van der Waals surface area contributed by atoms with E-state index in [0.717, 1.165) is 12.1 Å². The predicted octanol–water partition coefficient (Wildman–Crippen LogP) is 3.47. The lowest BCUT2D eigenvalue weighted by atomic mass is 10.0. The number of nitrogens with zero attached hydrogens (tertiary/aromatic N) is 1. The number of ether oxygens (including phenoxy) is 1. The Bertz CT molecular complexity index is 683. The Labute approximate surface area is 117 Å². The molecule has 21 heavy (non-hydrogen) atoms. The topological polar surface area (TPSA) is 59.4 Å². The molecule has 0 bridgehead atoms. The Hall–Kier alpha value is -2.57. The molecule has 1 aromatic carbocycles. The van der Waals surface area contributed by atoms with Crippen LogP contribution in [-0.2, 0) is 6.18 Å². The third-order valence-corrected chi connectivity index (χ3v) is 2.79. The van der Waals surface area contributed by atoms with Gasteiger partial charge in [0.05, 0.1) is 24.4 Å². The van der Waals surface area contributed by atoms with E-state index in [1.54, 1.807) is 0 Å². The first kappa shape index (κ1) is 14.8. The molecule has 0 radical (unpaired) electrons. The van der Waals surface area contributed by atoms with Crippen LogP contribution >= 0.6 is 0 Å². The zero-order valence-corrected chi connectivity index (χ0v) is 10.8. The minimum absolute atomic E-state index is 0.105. The van der Waals surface area contributed by atoms with Crippen LogP contribution in [0.1, 0.15) is 15.9 Å². The van der Waals surface area contributed by atoms with Gasteiger partial charge in [-0.15, -0.1) is 0 Å². The molecule has 0 aliphatic heterocycles. The highest BCUT2D eigenvalue weighted by molar-refractivity contribution is 5.90. The first-order chi connectivity index (χ1) is 9.81. The van der Waals surface area contributed by atoms with E-state index in [9.17, 15) is 18.0 Å². The van der Waals surface area contributed by atoms with Crippen LogP contribution in [0.4, 0.5) is 13.2 Å². The number of carboxylic acids is 1. The van der Waals surface area contributed by atoms with Gasteiger partial charge >= 0.3 is 12.1 Å². The minimum atomic E-state index is -4.63. The van der Waals surface area contributed by atoms with Gasteiger partial charge in [-0.05, 0) is 29.8 Å². The van der Waals surface area contributed by atoms with E-state index in [1.165, 1.54) is 25.6 Å². The van der Waals surface area contributed by atoms with E-state index >= 15 is 0 Å². The molecule has 0 amide bonds. The highest BCUT2D eigenvalue weighted by Crippen LogP contribution is 2.34. The molecule has 0 aliphatic carbocycles. The number of carbonyl (C=O) groups is 1. The first-order valence-corrected chi connectivity index (χ1v) is 5.76. The van der Waals surface area contributed by atoms with E-state index in [2.05, 4.69) is 4.98 Å². The summed E-state index contributed by atoms with van der Waals surface area (Å²) in [7, 11) is 1.40. The van der Waals surface area contributed by atoms with Gasteiger partial charge in [0.2, 0.25) is 0 Å². The molecule has 1 aromatic heterocycles. The molecule has 1 N–H and O–H groups in total. The molecule has 7 heteroatoms. The van der Waals surface area contributed by atoms with Crippen molar-refractivity contribution in [3.8, 4) is 16.9 Å². The maximum absolute atomic E-state index is 12.8. The standard InChI is InChI=1S/C14H10F3NO3/c1-21-12-5-10(6-18-7-12)8-2-9(13(19)20)4-11(3-8)14(15,16)17/h2-7H,1H3,(H,19,20). The summed E-state index contributed by atoms with van der Waals surface area (Å²) in [4.78, 5) is 14.8. The van der Waals surface area contributed by atoms with Crippen molar-refractivity contribution in [3.05, 3.63) is 47.8 Å². The van der Waals surface area contributed by atoms with Gasteiger partial charge in [-0.2, -0.15) is 13.2 Å². The molecular weight excluding hydrogens is 287 g/mol. The summed E-state index contributed by atoms with van der Waals surface area (Å²) >= 11 is 0. The summed E-state index contributed by atoms with van der Waals surface area (Å²) in [6, 6.07) is 4.12. The largest absolute Gasteiger partial charge is 0.495 e. The number of hydrogen-bond acceptors (Lipinski definition) is 3. The minimum Gasteiger partial charge on any atom is -0.495 e. The lowest BCUT2D eigenvalue weighted by Gasteiger charge is -2.11. The summed E-state index contributed by atoms with van der Waals surface area (Å²) in [6.07, 6.45) is -1.90. The van der Waals surface area contributed by atoms with Gasteiger partial charge in [0.25, 0.3) is 0 Å². The highest BCUT2D eigenvalue weighted by Gasteiger charge is 2.32. The molecule has 0 unspecified atom stereocenters. The Balaban J connectivity index is 2.62. The second kappa shape index (κ2) is 5.43. The van der Waals surface area contributed by atoms with Gasteiger partial charge in [-0.3, -0.25) is 4.98 Å². The fraction of sp³-hybridized carbons (Fsp3) is 0.143. The molecule has 1 heterocycles. The fourth-order valence-corrected chi connectivity index (χ4v) is 1.77. The maximum Gasteiger partial charge on any atom is 0.416 e. The molecule has 0 spiro atoms. The van der Waals surface area contributed by atoms with Crippen molar-refractivity contribution in [1.29, 1.82) is 0 Å². The fourth-order valence-electron chi connectivity index (χ4n) is 1.77. The molecule has 0 aliphatic rings. The van der Waals surface area contributed by atoms with Crippen molar-refractivity contribution in [2.24, 2.45) is 0 Å². The number of pyridine rings is 1. The molecule has 110 valence electrons. The SMILES string of the molecule is COc1cncc(-c2cc(C(=O)O)cc(C(F)(F)F)c2)c1. The van der Waals surface area contributed by atoms with Gasteiger partial charge in [-0.1, -0.05) is 0 Å². The Morgan fingerprint density at radius 3 is 2.43 bits per heavy atom. The van der Waals surface area contributed by atoms with Crippen molar-refractivity contribution in [3.63, 3.8) is 0 Å². The lowest BCUT2D eigenvalue weighted by Crippen LogP contribution is -2.08. The summed E-state index contributed by atoms with van der Waals surface area (Å²) in [5.41, 5.74) is -1.03. The third kappa shape index (κ3) is 3.31. The average Bonchev–Trinajstić information content (AvgIpc) is 2.46. The molecule has 2 aromatic rings. The number of halogens is 3. The van der Waals surface area contributed by atoms with E-state index in [0.29, 0.717) is 17.4 Å². The monoisotopic (exact) mass is 297 g/mol. The van der Waals surface area contributed by atoms with Gasteiger partial charge < -0.3 is 9.84 Å². The first-order valence-electron chi connectivity index (χ1n) is 5.76. The van der Waals surface area contributed by atoms with Crippen molar-refractivity contribution in [2.45, 2.75) is 6.18 Å². The molecule has 0 fully saturated rings. The number of carboxylic acid groups (broad SMARTS) is 1. The van der Waals surface area contributed by atoms with E-state index in [4.69, 9.17) is 9.84 Å². The number of hydrogen-bond donors (Lipinski definition) is 1. The Morgan fingerprint density at radius 1 is 1.14 bits per heavy atom. The van der Waals surface area contributed by atoms with Crippen LogP contribution in [0, 0.1) is 0 Å². The number of aromatic carboxylic acids is 1. The summed E-state index contributed by atoms with van der Waals surface area (Å²) < 4.78 is 43.5. The normalized spacial score (nSPS) is 11.2.